The molecule has 26 heavy (non-hydrogen) atoms. The first-order valence-corrected chi connectivity index (χ1v) is 9.44. The van der Waals surface area contributed by atoms with Crippen LogP contribution < -0.4 is 15.4 Å². The normalized spacial score (nSPS) is 18.4. The highest BCUT2D eigenvalue weighted by Gasteiger charge is 2.25. The van der Waals surface area contributed by atoms with E-state index in [9.17, 15) is 4.79 Å². The van der Waals surface area contributed by atoms with E-state index in [1.54, 1.807) is 12.1 Å². The number of benzene rings is 2. The average Bonchev–Trinajstić information content (AvgIpc) is 2.61. The minimum absolute atomic E-state index is 0.0360. The van der Waals surface area contributed by atoms with Gasteiger partial charge < -0.3 is 10.1 Å². The summed E-state index contributed by atoms with van der Waals surface area (Å²) in [5.74, 6) is 0.787. The summed E-state index contributed by atoms with van der Waals surface area (Å²) in [6.07, 6.45) is 0.758. The Hall–Kier alpha value is -1.75. The first kappa shape index (κ1) is 19.0. The van der Waals surface area contributed by atoms with Gasteiger partial charge in [-0.15, -0.1) is 0 Å². The Labute approximate surface area is 163 Å². The molecule has 0 saturated carbocycles. The summed E-state index contributed by atoms with van der Waals surface area (Å²) in [5, 5.41) is 7.60. The fourth-order valence-electron chi connectivity index (χ4n) is 3.18. The standard InChI is InChI=1S/C20H22Cl2N2O2/c1-12(15-8-7-14(21)11-17(15)22)23-13(2)20(25)24-18-9-10-26-19-6-4-3-5-16(18)19/h3-8,11-13,18,23H,9-10H2,1-2H3,(H,24,25). The average molecular weight is 393 g/mol. The van der Waals surface area contributed by atoms with Crippen molar-refractivity contribution in [1.82, 2.24) is 10.6 Å². The van der Waals surface area contributed by atoms with E-state index in [0.717, 1.165) is 23.3 Å². The molecule has 1 heterocycles. The summed E-state index contributed by atoms with van der Waals surface area (Å²) in [4.78, 5) is 12.7. The number of halogens is 2. The Bertz CT molecular complexity index is 797. The fraction of sp³-hybridized carbons (Fsp3) is 0.350. The van der Waals surface area contributed by atoms with Crippen molar-refractivity contribution in [3.63, 3.8) is 0 Å². The van der Waals surface area contributed by atoms with Gasteiger partial charge in [0.15, 0.2) is 0 Å². The lowest BCUT2D eigenvalue weighted by atomic mass is 10.00. The van der Waals surface area contributed by atoms with Crippen molar-refractivity contribution in [3.05, 3.63) is 63.6 Å². The Morgan fingerprint density at radius 3 is 2.73 bits per heavy atom. The lowest BCUT2D eigenvalue weighted by molar-refractivity contribution is -0.123. The van der Waals surface area contributed by atoms with Gasteiger partial charge in [-0.2, -0.15) is 0 Å². The highest BCUT2D eigenvalue weighted by Crippen LogP contribution is 2.31. The van der Waals surface area contributed by atoms with Crippen LogP contribution in [0.5, 0.6) is 5.75 Å². The minimum Gasteiger partial charge on any atom is -0.493 e. The number of nitrogens with one attached hydrogen (secondary N) is 2. The predicted octanol–water partition coefficient (Wildman–Crippen LogP) is 4.67. The minimum atomic E-state index is -0.369. The second-order valence-corrected chi connectivity index (χ2v) is 7.36. The lowest BCUT2D eigenvalue weighted by Crippen LogP contribution is -2.45. The van der Waals surface area contributed by atoms with Gasteiger partial charge >= 0.3 is 0 Å². The van der Waals surface area contributed by atoms with Crippen LogP contribution in [0.4, 0.5) is 0 Å². The van der Waals surface area contributed by atoms with Crippen molar-refractivity contribution >= 4 is 29.1 Å². The second-order valence-electron chi connectivity index (χ2n) is 6.51. The summed E-state index contributed by atoms with van der Waals surface area (Å²) in [5.41, 5.74) is 1.93. The second kappa shape index (κ2) is 8.30. The van der Waals surface area contributed by atoms with Gasteiger partial charge in [-0.1, -0.05) is 47.5 Å². The van der Waals surface area contributed by atoms with Gasteiger partial charge in [0.25, 0.3) is 0 Å². The van der Waals surface area contributed by atoms with E-state index < -0.39 is 0 Å². The molecule has 6 heteroatoms. The van der Waals surface area contributed by atoms with Crippen LogP contribution in [0.3, 0.4) is 0 Å². The smallest absolute Gasteiger partial charge is 0.237 e. The molecule has 138 valence electrons. The number of amides is 1. The first-order chi connectivity index (χ1) is 12.5. The van der Waals surface area contributed by atoms with Crippen LogP contribution in [0.2, 0.25) is 10.0 Å². The number of fused-ring (bicyclic) bond motifs is 1. The Kier molecular flexibility index (Phi) is 6.07. The molecule has 1 aliphatic heterocycles. The molecule has 0 aromatic heterocycles. The molecule has 1 aliphatic rings. The van der Waals surface area contributed by atoms with Crippen molar-refractivity contribution in [2.75, 3.05) is 6.61 Å². The number of rotatable bonds is 5. The largest absolute Gasteiger partial charge is 0.493 e. The number of carbonyl (C=O) groups is 1. The van der Waals surface area contributed by atoms with Crippen molar-refractivity contribution in [1.29, 1.82) is 0 Å². The Morgan fingerprint density at radius 2 is 1.96 bits per heavy atom. The monoisotopic (exact) mass is 392 g/mol. The van der Waals surface area contributed by atoms with E-state index in [1.807, 2.05) is 44.2 Å². The molecule has 0 radical (unpaired) electrons. The molecule has 0 fully saturated rings. The van der Waals surface area contributed by atoms with Crippen LogP contribution in [0.15, 0.2) is 42.5 Å². The SMILES string of the molecule is CC(NC(C)c1ccc(Cl)cc1Cl)C(=O)NC1CCOc2ccccc21. The molecule has 3 rings (SSSR count). The zero-order valence-electron chi connectivity index (χ0n) is 14.8. The molecule has 0 bridgehead atoms. The number of hydrogen-bond donors (Lipinski definition) is 2. The molecule has 3 unspecified atom stereocenters. The van der Waals surface area contributed by atoms with Crippen LogP contribution in [0, 0.1) is 0 Å². The molecule has 2 aromatic rings. The Morgan fingerprint density at radius 1 is 1.19 bits per heavy atom. The third kappa shape index (κ3) is 4.32. The van der Waals surface area contributed by atoms with Gasteiger partial charge in [-0.3, -0.25) is 10.1 Å². The molecule has 0 aliphatic carbocycles. The molecular weight excluding hydrogens is 371 g/mol. The highest BCUT2D eigenvalue weighted by molar-refractivity contribution is 6.35. The van der Waals surface area contributed by atoms with E-state index in [4.69, 9.17) is 27.9 Å². The van der Waals surface area contributed by atoms with E-state index in [1.165, 1.54) is 0 Å². The summed E-state index contributed by atoms with van der Waals surface area (Å²) in [6, 6.07) is 12.7. The van der Waals surface area contributed by atoms with Gasteiger partial charge in [0.1, 0.15) is 5.75 Å². The van der Waals surface area contributed by atoms with Crippen LogP contribution in [0.1, 0.15) is 43.5 Å². The van der Waals surface area contributed by atoms with Crippen molar-refractivity contribution in [2.45, 2.75) is 38.4 Å². The third-order valence-electron chi connectivity index (χ3n) is 4.60. The lowest BCUT2D eigenvalue weighted by Gasteiger charge is -2.28. The number of carbonyl (C=O) groups excluding carboxylic acids is 1. The zero-order valence-corrected chi connectivity index (χ0v) is 16.3. The molecule has 3 atom stereocenters. The van der Waals surface area contributed by atoms with Gasteiger partial charge in [-0.25, -0.2) is 0 Å². The molecule has 2 N–H and O–H groups in total. The van der Waals surface area contributed by atoms with E-state index in [0.29, 0.717) is 16.7 Å². The van der Waals surface area contributed by atoms with Crippen LogP contribution in [-0.4, -0.2) is 18.6 Å². The Balaban J connectivity index is 1.63. The van der Waals surface area contributed by atoms with Crippen LogP contribution in [-0.2, 0) is 4.79 Å². The van der Waals surface area contributed by atoms with Crippen molar-refractivity contribution < 1.29 is 9.53 Å². The van der Waals surface area contributed by atoms with E-state index >= 15 is 0 Å². The third-order valence-corrected chi connectivity index (χ3v) is 5.16. The highest BCUT2D eigenvalue weighted by atomic mass is 35.5. The van der Waals surface area contributed by atoms with Gasteiger partial charge in [0.05, 0.1) is 18.7 Å². The number of hydrogen-bond acceptors (Lipinski definition) is 3. The fourth-order valence-corrected chi connectivity index (χ4v) is 3.75. The summed E-state index contributed by atoms with van der Waals surface area (Å²) in [6.45, 7) is 4.42. The van der Waals surface area contributed by atoms with Gasteiger partial charge in [-0.05, 0) is 37.6 Å². The topological polar surface area (TPSA) is 50.4 Å². The van der Waals surface area contributed by atoms with Crippen molar-refractivity contribution in [2.24, 2.45) is 0 Å². The maximum atomic E-state index is 12.7. The van der Waals surface area contributed by atoms with Crippen LogP contribution in [0.25, 0.3) is 0 Å². The predicted molar refractivity (Wildman–Crippen MR) is 105 cm³/mol. The molecule has 0 spiro atoms. The van der Waals surface area contributed by atoms with Gasteiger partial charge in [0, 0.05) is 28.1 Å². The molecule has 0 saturated heterocycles. The summed E-state index contributed by atoms with van der Waals surface area (Å²) < 4.78 is 5.65. The summed E-state index contributed by atoms with van der Waals surface area (Å²) >= 11 is 12.2. The van der Waals surface area contributed by atoms with Gasteiger partial charge in [0.2, 0.25) is 5.91 Å². The first-order valence-electron chi connectivity index (χ1n) is 8.69. The molecular formula is C20H22Cl2N2O2. The van der Waals surface area contributed by atoms with E-state index in [2.05, 4.69) is 10.6 Å². The van der Waals surface area contributed by atoms with Crippen LogP contribution >= 0.6 is 23.2 Å². The van der Waals surface area contributed by atoms with Crippen molar-refractivity contribution in [3.8, 4) is 5.75 Å². The summed E-state index contributed by atoms with van der Waals surface area (Å²) in [7, 11) is 0. The quantitative estimate of drug-likeness (QED) is 0.776. The molecule has 2 aromatic carbocycles. The maximum absolute atomic E-state index is 12.7. The number of para-hydroxylation sites is 1. The maximum Gasteiger partial charge on any atom is 0.237 e. The van der Waals surface area contributed by atoms with E-state index in [-0.39, 0.29) is 24.0 Å². The zero-order chi connectivity index (χ0) is 18.7. The molecule has 1 amide bonds. The number of ether oxygens (including phenoxy) is 1. The molecule has 4 nitrogen and oxygen atoms in total.